The maximum Gasteiger partial charge on any atom is 0.332 e. The lowest BCUT2D eigenvalue weighted by Crippen LogP contribution is -2.40. The first kappa shape index (κ1) is 24.8. The lowest BCUT2D eigenvalue weighted by atomic mass is 9.98. The van der Waals surface area contributed by atoms with Crippen LogP contribution in [-0.2, 0) is 24.9 Å². The molecule has 8 nitrogen and oxygen atoms in total. The molecule has 0 atom stereocenters. The number of aromatic nitrogens is 4. The molecule has 4 rings (SSSR count). The summed E-state index contributed by atoms with van der Waals surface area (Å²) in [5.74, 6) is 4.10. The molecule has 0 aliphatic heterocycles. The van der Waals surface area contributed by atoms with Crippen LogP contribution >= 0.6 is 0 Å². The Kier molecular flexibility index (Phi) is 7.78. The number of rotatable bonds is 7. The number of aryl methyl sites for hydroxylation is 1. The summed E-state index contributed by atoms with van der Waals surface area (Å²) in [4.78, 5) is 30.5. The van der Waals surface area contributed by atoms with Crippen LogP contribution in [0.5, 0.6) is 0 Å². The second-order valence-electron chi connectivity index (χ2n) is 8.69. The Hall–Kier alpha value is -3.29. The highest BCUT2D eigenvalue weighted by Gasteiger charge is 2.20. The lowest BCUT2D eigenvalue weighted by molar-refractivity contribution is 0.0497. The van der Waals surface area contributed by atoms with E-state index >= 15 is 0 Å². The average molecular weight is 487 g/mol. The van der Waals surface area contributed by atoms with Gasteiger partial charge in [0, 0.05) is 20.2 Å². The number of halogens is 2. The first-order valence-electron chi connectivity index (χ1n) is 11.8. The molecule has 35 heavy (non-hydrogen) atoms. The summed E-state index contributed by atoms with van der Waals surface area (Å²) in [6.07, 6.45) is 5.91. The summed E-state index contributed by atoms with van der Waals surface area (Å²) in [6.45, 7) is 0.0391. The van der Waals surface area contributed by atoms with Gasteiger partial charge in [0.15, 0.2) is 28.6 Å². The van der Waals surface area contributed by atoms with Gasteiger partial charge in [0.05, 0.1) is 12.6 Å². The van der Waals surface area contributed by atoms with E-state index in [-0.39, 0.29) is 55.8 Å². The van der Waals surface area contributed by atoms with E-state index < -0.39 is 22.9 Å². The van der Waals surface area contributed by atoms with Crippen molar-refractivity contribution in [3.63, 3.8) is 0 Å². The van der Waals surface area contributed by atoms with Crippen molar-refractivity contribution in [3.05, 3.63) is 62.1 Å². The van der Waals surface area contributed by atoms with Crippen LogP contribution in [0.3, 0.4) is 0 Å². The monoisotopic (exact) mass is 486 g/mol. The fourth-order valence-corrected chi connectivity index (χ4v) is 4.37. The molecule has 1 saturated carbocycles. The van der Waals surface area contributed by atoms with Gasteiger partial charge in [-0.3, -0.25) is 13.9 Å². The molecular weight excluding hydrogens is 458 g/mol. The highest BCUT2D eigenvalue weighted by atomic mass is 19.2. The van der Waals surface area contributed by atoms with Crippen LogP contribution in [0.2, 0.25) is 0 Å². The van der Waals surface area contributed by atoms with Crippen LogP contribution in [0.25, 0.3) is 11.2 Å². The van der Waals surface area contributed by atoms with Crippen LogP contribution in [0.1, 0.15) is 49.9 Å². The van der Waals surface area contributed by atoms with Gasteiger partial charge < -0.3 is 14.4 Å². The third-order valence-corrected chi connectivity index (χ3v) is 6.24. The minimum atomic E-state index is -1.01. The Morgan fingerprint density at radius 1 is 1.14 bits per heavy atom. The van der Waals surface area contributed by atoms with Gasteiger partial charge >= 0.3 is 5.69 Å². The molecule has 0 saturated heterocycles. The maximum absolute atomic E-state index is 13.9. The largest absolute Gasteiger partial charge is 0.396 e. The molecule has 0 bridgehead atoms. The van der Waals surface area contributed by atoms with Crippen LogP contribution in [0.15, 0.2) is 27.8 Å². The van der Waals surface area contributed by atoms with E-state index in [0.717, 1.165) is 42.4 Å². The van der Waals surface area contributed by atoms with Crippen LogP contribution in [0, 0.1) is 23.5 Å². The Bertz CT molecular complexity index is 1390. The van der Waals surface area contributed by atoms with E-state index in [1.807, 2.05) is 0 Å². The van der Waals surface area contributed by atoms with Crippen molar-refractivity contribution >= 4 is 11.2 Å². The molecule has 0 unspecified atom stereocenters. The fourth-order valence-electron chi connectivity index (χ4n) is 4.37. The fraction of sp³-hybridized carbons (Fsp3) is 0.480. The quantitative estimate of drug-likeness (QED) is 0.518. The number of hydrogen-bond donors (Lipinski definition) is 1. The van der Waals surface area contributed by atoms with Crippen LogP contribution in [-0.4, -0.2) is 43.1 Å². The van der Waals surface area contributed by atoms with Crippen molar-refractivity contribution in [1.29, 1.82) is 0 Å². The summed E-state index contributed by atoms with van der Waals surface area (Å²) < 4.78 is 37.0. The minimum absolute atomic E-state index is 0.00532. The number of hydrogen-bond acceptors (Lipinski definition) is 5. The van der Waals surface area contributed by atoms with Crippen molar-refractivity contribution in [1.82, 2.24) is 18.7 Å². The topological polar surface area (TPSA) is 91.3 Å². The van der Waals surface area contributed by atoms with E-state index in [9.17, 15) is 23.5 Å². The highest BCUT2D eigenvalue weighted by molar-refractivity contribution is 5.72. The third-order valence-electron chi connectivity index (χ3n) is 6.24. The predicted octanol–water partition coefficient (Wildman–Crippen LogP) is 2.31. The zero-order valence-corrected chi connectivity index (χ0v) is 19.6. The smallest absolute Gasteiger partial charge is 0.332 e. The Morgan fingerprint density at radius 2 is 1.91 bits per heavy atom. The number of fused-ring (bicyclic) bond motifs is 1. The van der Waals surface area contributed by atoms with E-state index in [2.05, 4.69) is 16.8 Å². The summed E-state index contributed by atoms with van der Waals surface area (Å²) in [5, 5.41) is 9.17. The number of ether oxygens (including phenoxy) is 1. The van der Waals surface area contributed by atoms with Crippen LogP contribution < -0.4 is 11.2 Å². The molecule has 0 spiro atoms. The van der Waals surface area contributed by atoms with Crippen molar-refractivity contribution in [2.24, 2.45) is 7.05 Å². The van der Waals surface area contributed by atoms with Gasteiger partial charge in [0.1, 0.15) is 6.61 Å². The highest BCUT2D eigenvalue weighted by Crippen LogP contribution is 2.20. The van der Waals surface area contributed by atoms with Gasteiger partial charge in [0.25, 0.3) is 5.56 Å². The molecule has 1 aromatic carbocycles. The average Bonchev–Trinajstić information content (AvgIpc) is 3.21. The normalized spacial score (nSPS) is 14.3. The second kappa shape index (κ2) is 11.0. The van der Waals surface area contributed by atoms with Crippen molar-refractivity contribution in [3.8, 4) is 11.8 Å². The first-order chi connectivity index (χ1) is 16.9. The number of imidazole rings is 1. The molecule has 1 N–H and O–H groups in total. The maximum atomic E-state index is 13.9. The summed E-state index contributed by atoms with van der Waals surface area (Å²) in [6, 6.07) is 3.49. The Balaban J connectivity index is 1.77. The van der Waals surface area contributed by atoms with Crippen molar-refractivity contribution in [2.45, 2.75) is 57.7 Å². The molecule has 1 fully saturated rings. The molecule has 2 aromatic heterocycles. The van der Waals surface area contributed by atoms with Gasteiger partial charge in [-0.1, -0.05) is 31.2 Å². The molecule has 0 radical (unpaired) electrons. The zero-order chi connectivity index (χ0) is 24.9. The summed E-state index contributed by atoms with van der Waals surface area (Å²) in [5.41, 5.74) is -0.487. The molecule has 3 aromatic rings. The zero-order valence-electron chi connectivity index (χ0n) is 19.6. The van der Waals surface area contributed by atoms with Gasteiger partial charge in [-0.25, -0.2) is 18.6 Å². The Morgan fingerprint density at radius 3 is 2.63 bits per heavy atom. The lowest BCUT2D eigenvalue weighted by Gasteiger charge is -2.20. The minimum Gasteiger partial charge on any atom is -0.396 e. The van der Waals surface area contributed by atoms with Gasteiger partial charge in [-0.05, 0) is 42.9 Å². The van der Waals surface area contributed by atoms with Crippen molar-refractivity contribution in [2.75, 3.05) is 13.2 Å². The van der Waals surface area contributed by atoms with Crippen molar-refractivity contribution < 1.29 is 18.6 Å². The SMILES string of the molecule is Cn1c(=O)n(CCCO)c(=O)c2c1nc(C#CCOC1CCCCC1)n2Cc1ccc(F)c(F)c1. The van der Waals surface area contributed by atoms with Gasteiger partial charge in [-0.15, -0.1) is 0 Å². The number of nitrogens with zero attached hydrogens (tertiary/aromatic N) is 4. The number of aliphatic hydroxyl groups is 1. The number of benzene rings is 1. The summed E-state index contributed by atoms with van der Waals surface area (Å²) >= 11 is 0. The van der Waals surface area contributed by atoms with Crippen LogP contribution in [0.4, 0.5) is 8.78 Å². The molecule has 1 aliphatic carbocycles. The predicted molar refractivity (Wildman–Crippen MR) is 126 cm³/mol. The van der Waals surface area contributed by atoms with E-state index in [4.69, 9.17) is 4.74 Å². The number of aliphatic hydroxyl groups excluding tert-OH is 1. The summed E-state index contributed by atoms with van der Waals surface area (Å²) in [7, 11) is 1.50. The van der Waals surface area contributed by atoms with E-state index in [0.29, 0.717) is 5.56 Å². The molecule has 2 heterocycles. The van der Waals surface area contributed by atoms with Gasteiger partial charge in [0.2, 0.25) is 0 Å². The molecular formula is C25H28F2N4O4. The van der Waals surface area contributed by atoms with E-state index in [1.165, 1.54) is 28.7 Å². The molecule has 0 amide bonds. The standard InChI is InChI=1S/C25H28F2N4O4/c1-29-23-22(24(33)30(25(29)34)12-6-13-32)31(16-17-10-11-19(26)20(27)15-17)21(28-23)9-5-14-35-18-7-3-2-4-8-18/h10-11,15,18,32H,2-4,6-8,12-14,16H2,1H3. The third kappa shape index (κ3) is 5.36. The second-order valence-corrected chi connectivity index (χ2v) is 8.69. The Labute approximate surface area is 200 Å². The molecule has 186 valence electrons. The molecule has 1 aliphatic rings. The van der Waals surface area contributed by atoms with E-state index in [1.54, 1.807) is 0 Å². The first-order valence-corrected chi connectivity index (χ1v) is 11.8. The van der Waals surface area contributed by atoms with Gasteiger partial charge in [-0.2, -0.15) is 0 Å². The molecule has 10 heteroatoms.